The third-order valence-corrected chi connectivity index (χ3v) is 3.11. The SMILES string of the molecule is Nc1nc(N)c2ncn([C@@H]3O[C@H](CO)CC3O)c2n1. The third kappa shape index (κ3) is 1.87. The van der Waals surface area contributed by atoms with Crippen molar-refractivity contribution in [3.8, 4) is 0 Å². The maximum Gasteiger partial charge on any atom is 0.224 e. The lowest BCUT2D eigenvalue weighted by molar-refractivity contribution is -0.0486. The number of hydrogen-bond acceptors (Lipinski definition) is 8. The van der Waals surface area contributed by atoms with Crippen molar-refractivity contribution in [3.05, 3.63) is 6.33 Å². The molecular formula is C10H14N6O3. The van der Waals surface area contributed by atoms with Crippen molar-refractivity contribution in [1.82, 2.24) is 19.5 Å². The van der Waals surface area contributed by atoms with Crippen LogP contribution in [0.1, 0.15) is 12.6 Å². The van der Waals surface area contributed by atoms with Crippen LogP contribution in [0, 0.1) is 0 Å². The van der Waals surface area contributed by atoms with Crippen molar-refractivity contribution in [2.45, 2.75) is 24.9 Å². The summed E-state index contributed by atoms with van der Waals surface area (Å²) in [6, 6.07) is 0. The molecule has 3 atom stereocenters. The molecule has 102 valence electrons. The Hall–Kier alpha value is -1.97. The third-order valence-electron chi connectivity index (χ3n) is 3.11. The number of nitrogens with zero attached hydrogens (tertiary/aromatic N) is 4. The largest absolute Gasteiger partial charge is 0.394 e. The molecule has 9 nitrogen and oxygen atoms in total. The van der Waals surface area contributed by atoms with E-state index in [-0.39, 0.29) is 18.4 Å². The van der Waals surface area contributed by atoms with E-state index in [0.717, 1.165) is 0 Å². The molecule has 0 aliphatic carbocycles. The Morgan fingerprint density at radius 3 is 2.89 bits per heavy atom. The van der Waals surface area contributed by atoms with E-state index in [9.17, 15) is 5.11 Å². The molecule has 0 amide bonds. The molecule has 2 aromatic heterocycles. The summed E-state index contributed by atoms with van der Waals surface area (Å²) in [5.74, 6) is 0.199. The minimum absolute atomic E-state index is 0.0259. The highest BCUT2D eigenvalue weighted by atomic mass is 16.5. The van der Waals surface area contributed by atoms with E-state index in [0.29, 0.717) is 17.6 Å². The van der Waals surface area contributed by atoms with Gasteiger partial charge in [-0.3, -0.25) is 4.57 Å². The summed E-state index contributed by atoms with van der Waals surface area (Å²) in [6.07, 6.45) is -0.0311. The molecule has 0 bridgehead atoms. The number of nitrogen functional groups attached to an aromatic ring is 2. The van der Waals surface area contributed by atoms with Crippen LogP contribution in [0.3, 0.4) is 0 Å². The molecule has 1 aliphatic heterocycles. The molecule has 0 radical (unpaired) electrons. The average molecular weight is 266 g/mol. The van der Waals surface area contributed by atoms with Gasteiger partial charge in [0.05, 0.1) is 19.0 Å². The number of aliphatic hydroxyl groups is 2. The number of aliphatic hydroxyl groups excluding tert-OH is 2. The lowest BCUT2D eigenvalue weighted by Gasteiger charge is -2.16. The highest BCUT2D eigenvalue weighted by Gasteiger charge is 2.36. The van der Waals surface area contributed by atoms with E-state index in [1.165, 1.54) is 6.33 Å². The van der Waals surface area contributed by atoms with Crippen LogP contribution in [0.5, 0.6) is 0 Å². The van der Waals surface area contributed by atoms with Gasteiger partial charge < -0.3 is 26.4 Å². The standard InChI is InChI=1S/C10H14N6O3/c11-7-6-8(15-10(12)14-7)16(3-13-6)9-5(18)1-4(2-17)19-9/h3-5,9,17-18H,1-2H2,(H4,11,12,14,15)/t4-,5?,9+/m0/s1. The maximum absolute atomic E-state index is 9.97. The quantitative estimate of drug-likeness (QED) is 0.521. The second kappa shape index (κ2) is 4.30. The summed E-state index contributed by atoms with van der Waals surface area (Å²) in [4.78, 5) is 12.0. The van der Waals surface area contributed by atoms with Gasteiger partial charge in [-0.15, -0.1) is 0 Å². The second-order valence-corrected chi connectivity index (χ2v) is 4.43. The number of nitrogens with two attached hydrogens (primary N) is 2. The summed E-state index contributed by atoms with van der Waals surface area (Å²) in [7, 11) is 0. The molecule has 19 heavy (non-hydrogen) atoms. The first kappa shape index (κ1) is 12.1. The van der Waals surface area contributed by atoms with E-state index in [4.69, 9.17) is 21.3 Å². The number of rotatable bonds is 2. The van der Waals surface area contributed by atoms with Gasteiger partial charge in [0, 0.05) is 6.42 Å². The second-order valence-electron chi connectivity index (χ2n) is 4.43. The zero-order valence-corrected chi connectivity index (χ0v) is 9.97. The van der Waals surface area contributed by atoms with Gasteiger partial charge in [0.15, 0.2) is 17.7 Å². The monoisotopic (exact) mass is 266 g/mol. The molecule has 0 saturated carbocycles. The van der Waals surface area contributed by atoms with Crippen molar-refractivity contribution in [2.75, 3.05) is 18.1 Å². The fourth-order valence-corrected chi connectivity index (χ4v) is 2.24. The Balaban J connectivity index is 2.06. The van der Waals surface area contributed by atoms with Crippen molar-refractivity contribution >= 4 is 22.9 Å². The van der Waals surface area contributed by atoms with Crippen molar-refractivity contribution in [1.29, 1.82) is 0 Å². The molecule has 3 rings (SSSR count). The Labute approximate surface area is 107 Å². The van der Waals surface area contributed by atoms with E-state index >= 15 is 0 Å². The summed E-state index contributed by atoms with van der Waals surface area (Å²) in [5.41, 5.74) is 12.1. The van der Waals surface area contributed by atoms with Crippen LogP contribution < -0.4 is 11.5 Å². The van der Waals surface area contributed by atoms with Crippen LogP contribution in [0.2, 0.25) is 0 Å². The van der Waals surface area contributed by atoms with E-state index < -0.39 is 18.4 Å². The fourth-order valence-electron chi connectivity index (χ4n) is 2.24. The molecular weight excluding hydrogens is 252 g/mol. The number of fused-ring (bicyclic) bond motifs is 1. The van der Waals surface area contributed by atoms with E-state index in [2.05, 4.69) is 15.0 Å². The van der Waals surface area contributed by atoms with E-state index in [1.54, 1.807) is 4.57 Å². The molecule has 0 spiro atoms. The molecule has 1 aliphatic rings. The molecule has 1 unspecified atom stereocenters. The van der Waals surface area contributed by atoms with Gasteiger partial charge >= 0.3 is 0 Å². The van der Waals surface area contributed by atoms with Crippen LogP contribution in [0.15, 0.2) is 6.33 Å². The van der Waals surface area contributed by atoms with Gasteiger partial charge in [-0.05, 0) is 0 Å². The smallest absolute Gasteiger partial charge is 0.224 e. The van der Waals surface area contributed by atoms with Gasteiger partial charge in [0.1, 0.15) is 11.6 Å². The highest BCUT2D eigenvalue weighted by molar-refractivity contribution is 5.82. The van der Waals surface area contributed by atoms with Gasteiger partial charge in [-0.1, -0.05) is 0 Å². The molecule has 1 fully saturated rings. The predicted octanol–water partition coefficient (Wildman–Crippen LogP) is -1.37. The number of hydrogen-bond donors (Lipinski definition) is 4. The van der Waals surface area contributed by atoms with Gasteiger partial charge in [-0.25, -0.2) is 4.98 Å². The summed E-state index contributed by atoms with van der Waals surface area (Å²) in [6.45, 7) is -0.153. The summed E-state index contributed by atoms with van der Waals surface area (Å²) in [5, 5.41) is 19.0. The number of anilines is 2. The Bertz CT molecular complexity index is 615. The fraction of sp³-hybridized carbons (Fsp3) is 0.500. The molecule has 2 aromatic rings. The highest BCUT2D eigenvalue weighted by Crippen LogP contribution is 2.31. The molecule has 1 saturated heterocycles. The van der Waals surface area contributed by atoms with Crippen LogP contribution >= 0.6 is 0 Å². The normalized spacial score (nSPS) is 27.2. The van der Waals surface area contributed by atoms with Crippen molar-refractivity contribution < 1.29 is 14.9 Å². The molecule has 3 heterocycles. The Morgan fingerprint density at radius 2 is 2.21 bits per heavy atom. The summed E-state index contributed by atoms with van der Waals surface area (Å²) < 4.78 is 7.08. The molecule has 0 aromatic carbocycles. The topological polar surface area (TPSA) is 145 Å². The number of imidazole rings is 1. The summed E-state index contributed by atoms with van der Waals surface area (Å²) >= 11 is 0. The Morgan fingerprint density at radius 1 is 1.42 bits per heavy atom. The van der Waals surface area contributed by atoms with Crippen molar-refractivity contribution in [3.63, 3.8) is 0 Å². The predicted molar refractivity (Wildman–Crippen MR) is 65.8 cm³/mol. The van der Waals surface area contributed by atoms with E-state index in [1.807, 2.05) is 0 Å². The van der Waals surface area contributed by atoms with Crippen LogP contribution in [0.4, 0.5) is 11.8 Å². The van der Waals surface area contributed by atoms with Crippen LogP contribution in [0.25, 0.3) is 11.2 Å². The zero-order valence-electron chi connectivity index (χ0n) is 9.97. The Kier molecular flexibility index (Phi) is 2.73. The van der Waals surface area contributed by atoms with Crippen LogP contribution in [-0.4, -0.2) is 48.5 Å². The van der Waals surface area contributed by atoms with Crippen LogP contribution in [-0.2, 0) is 4.74 Å². The van der Waals surface area contributed by atoms with Crippen molar-refractivity contribution in [2.24, 2.45) is 0 Å². The molecule has 9 heteroatoms. The zero-order chi connectivity index (χ0) is 13.6. The van der Waals surface area contributed by atoms with Gasteiger partial charge in [0.25, 0.3) is 0 Å². The maximum atomic E-state index is 9.97. The average Bonchev–Trinajstić information content (AvgIpc) is 2.92. The number of aromatic nitrogens is 4. The van der Waals surface area contributed by atoms with Gasteiger partial charge in [0.2, 0.25) is 5.95 Å². The molecule has 6 N–H and O–H groups in total. The lowest BCUT2D eigenvalue weighted by Crippen LogP contribution is -2.19. The first-order chi connectivity index (χ1) is 9.10. The first-order valence-corrected chi connectivity index (χ1v) is 5.80. The van der Waals surface area contributed by atoms with Gasteiger partial charge in [-0.2, -0.15) is 9.97 Å². The first-order valence-electron chi connectivity index (χ1n) is 5.80. The minimum atomic E-state index is -0.757. The minimum Gasteiger partial charge on any atom is -0.394 e. The lowest BCUT2D eigenvalue weighted by atomic mass is 10.2. The number of ether oxygens (including phenoxy) is 1.